The normalized spacial score (nSPS) is 10.2. The number of rotatable bonds is 4. The van der Waals surface area contributed by atoms with Gasteiger partial charge in [0, 0.05) is 12.3 Å². The highest BCUT2D eigenvalue weighted by atomic mass is 35.5. The van der Waals surface area contributed by atoms with E-state index in [4.69, 9.17) is 16.3 Å². The SMILES string of the molecule is O=[N+]([O-])c1cccc(F)c1COc1cccnc1Cl. The molecule has 0 spiro atoms. The number of aromatic nitrogens is 1. The molecular weight excluding hydrogens is 275 g/mol. The number of nitro groups is 1. The van der Waals surface area contributed by atoms with Crippen molar-refractivity contribution in [1.82, 2.24) is 4.98 Å². The Balaban J connectivity index is 2.25. The van der Waals surface area contributed by atoms with Crippen molar-refractivity contribution in [2.24, 2.45) is 0 Å². The van der Waals surface area contributed by atoms with Gasteiger partial charge in [0.05, 0.1) is 4.92 Å². The lowest BCUT2D eigenvalue weighted by Gasteiger charge is -2.08. The third-order valence-electron chi connectivity index (χ3n) is 2.39. The van der Waals surface area contributed by atoms with Gasteiger partial charge in [0.15, 0.2) is 10.9 Å². The topological polar surface area (TPSA) is 65.3 Å². The molecule has 0 unspecified atom stereocenters. The quantitative estimate of drug-likeness (QED) is 0.490. The minimum atomic E-state index is -0.700. The maximum atomic E-state index is 13.6. The van der Waals surface area contributed by atoms with Crippen LogP contribution < -0.4 is 4.74 Å². The molecule has 0 amide bonds. The molecular formula is C12H8ClFN2O3. The van der Waals surface area contributed by atoms with E-state index >= 15 is 0 Å². The van der Waals surface area contributed by atoms with Crippen molar-refractivity contribution >= 4 is 17.3 Å². The molecule has 0 bridgehead atoms. The number of ether oxygens (including phenoxy) is 1. The first-order valence-electron chi connectivity index (χ1n) is 5.24. The number of nitro benzene ring substituents is 1. The summed E-state index contributed by atoms with van der Waals surface area (Å²) in [4.78, 5) is 13.9. The molecule has 2 aromatic rings. The average molecular weight is 283 g/mol. The molecule has 0 saturated heterocycles. The summed E-state index contributed by atoms with van der Waals surface area (Å²) in [5.41, 5.74) is -0.465. The number of pyridine rings is 1. The van der Waals surface area contributed by atoms with Crippen molar-refractivity contribution in [3.8, 4) is 5.75 Å². The monoisotopic (exact) mass is 282 g/mol. The molecule has 0 saturated carbocycles. The standard InChI is InChI=1S/C12H8ClFN2O3/c13-12-11(5-2-6-15-12)19-7-8-9(14)3-1-4-10(8)16(17)18/h1-6H,7H2. The number of halogens is 2. The van der Waals surface area contributed by atoms with Gasteiger partial charge in [0.2, 0.25) is 0 Å². The summed E-state index contributed by atoms with van der Waals surface area (Å²) in [6, 6.07) is 6.76. The Morgan fingerprint density at radius 3 is 2.84 bits per heavy atom. The summed E-state index contributed by atoms with van der Waals surface area (Å²) < 4.78 is 18.8. The molecule has 19 heavy (non-hydrogen) atoms. The summed E-state index contributed by atoms with van der Waals surface area (Å²) in [5.74, 6) is -0.462. The van der Waals surface area contributed by atoms with Crippen LogP contribution in [0, 0.1) is 15.9 Å². The lowest BCUT2D eigenvalue weighted by molar-refractivity contribution is -0.386. The molecule has 2 rings (SSSR count). The van der Waals surface area contributed by atoms with Gasteiger partial charge in [-0.3, -0.25) is 10.1 Å². The van der Waals surface area contributed by atoms with Crippen LogP contribution in [0.15, 0.2) is 36.5 Å². The maximum absolute atomic E-state index is 13.6. The average Bonchev–Trinajstić information content (AvgIpc) is 2.38. The van der Waals surface area contributed by atoms with Crippen LogP contribution in [-0.2, 0) is 6.61 Å². The maximum Gasteiger partial charge on any atom is 0.278 e. The number of nitrogens with zero attached hydrogens (tertiary/aromatic N) is 2. The first kappa shape index (κ1) is 13.2. The highest BCUT2D eigenvalue weighted by Crippen LogP contribution is 2.26. The molecule has 1 aromatic heterocycles. The fourth-order valence-corrected chi connectivity index (χ4v) is 1.66. The van der Waals surface area contributed by atoms with Gasteiger partial charge in [0.25, 0.3) is 5.69 Å². The van der Waals surface area contributed by atoms with Crippen LogP contribution in [0.25, 0.3) is 0 Å². The van der Waals surface area contributed by atoms with Crippen molar-refractivity contribution in [3.05, 3.63) is 63.2 Å². The molecule has 98 valence electrons. The van der Waals surface area contributed by atoms with Gasteiger partial charge in [0.1, 0.15) is 18.0 Å². The minimum absolute atomic E-state index is 0.112. The van der Waals surface area contributed by atoms with E-state index in [2.05, 4.69) is 4.98 Å². The molecule has 0 aliphatic heterocycles. The Kier molecular flexibility index (Phi) is 3.91. The van der Waals surface area contributed by atoms with E-state index in [1.165, 1.54) is 18.3 Å². The van der Waals surface area contributed by atoms with Crippen molar-refractivity contribution in [3.63, 3.8) is 0 Å². The smallest absolute Gasteiger partial charge is 0.278 e. The summed E-state index contributed by atoms with van der Waals surface area (Å²) in [5, 5.41) is 10.9. The molecule has 1 heterocycles. The Morgan fingerprint density at radius 2 is 2.16 bits per heavy atom. The second-order valence-corrected chi connectivity index (χ2v) is 3.93. The molecule has 0 radical (unpaired) electrons. The van der Waals surface area contributed by atoms with Gasteiger partial charge >= 0.3 is 0 Å². The lowest BCUT2D eigenvalue weighted by Crippen LogP contribution is -2.04. The van der Waals surface area contributed by atoms with E-state index < -0.39 is 10.7 Å². The zero-order valence-corrected chi connectivity index (χ0v) is 10.3. The molecule has 5 nitrogen and oxygen atoms in total. The van der Waals surface area contributed by atoms with Crippen LogP contribution in [0.4, 0.5) is 10.1 Å². The Hall–Kier alpha value is -2.21. The van der Waals surface area contributed by atoms with Crippen LogP contribution in [0.1, 0.15) is 5.56 Å². The highest BCUT2D eigenvalue weighted by molar-refractivity contribution is 6.30. The molecule has 0 atom stereocenters. The Bertz CT molecular complexity index is 622. The first-order valence-corrected chi connectivity index (χ1v) is 5.62. The van der Waals surface area contributed by atoms with Crippen molar-refractivity contribution in [1.29, 1.82) is 0 Å². The second kappa shape index (κ2) is 5.62. The zero-order chi connectivity index (χ0) is 13.8. The summed E-state index contributed by atoms with van der Waals surface area (Å²) in [6.45, 7) is -0.297. The third kappa shape index (κ3) is 2.97. The molecule has 1 aromatic carbocycles. The largest absolute Gasteiger partial charge is 0.485 e. The predicted molar refractivity (Wildman–Crippen MR) is 66.6 cm³/mol. The van der Waals surface area contributed by atoms with Crippen LogP contribution in [0.5, 0.6) is 5.75 Å². The molecule has 0 aliphatic rings. The van der Waals surface area contributed by atoms with Gasteiger partial charge in [-0.15, -0.1) is 0 Å². The third-order valence-corrected chi connectivity index (χ3v) is 2.67. The summed E-state index contributed by atoms with van der Waals surface area (Å²) in [7, 11) is 0. The molecule has 7 heteroatoms. The lowest BCUT2D eigenvalue weighted by atomic mass is 10.2. The van der Waals surface area contributed by atoms with Crippen LogP contribution in [0.2, 0.25) is 5.15 Å². The van der Waals surface area contributed by atoms with Gasteiger partial charge < -0.3 is 4.74 Å². The van der Waals surface area contributed by atoms with Crippen LogP contribution >= 0.6 is 11.6 Å². The van der Waals surface area contributed by atoms with E-state index in [1.807, 2.05) is 0 Å². The fourth-order valence-electron chi connectivity index (χ4n) is 1.49. The number of hydrogen-bond donors (Lipinski definition) is 0. The van der Waals surface area contributed by atoms with E-state index in [0.29, 0.717) is 0 Å². The van der Waals surface area contributed by atoms with E-state index in [1.54, 1.807) is 12.1 Å². The predicted octanol–water partition coefficient (Wildman–Crippen LogP) is 3.36. The van der Waals surface area contributed by atoms with E-state index in [0.717, 1.165) is 6.07 Å². The van der Waals surface area contributed by atoms with Gasteiger partial charge in [-0.25, -0.2) is 9.37 Å². The van der Waals surface area contributed by atoms with Crippen molar-refractivity contribution in [2.45, 2.75) is 6.61 Å². The van der Waals surface area contributed by atoms with E-state index in [-0.39, 0.29) is 28.8 Å². The minimum Gasteiger partial charge on any atom is -0.485 e. The molecule has 0 fully saturated rings. The van der Waals surface area contributed by atoms with Gasteiger partial charge in [-0.05, 0) is 18.2 Å². The van der Waals surface area contributed by atoms with Crippen LogP contribution in [-0.4, -0.2) is 9.91 Å². The van der Waals surface area contributed by atoms with Gasteiger partial charge in [-0.2, -0.15) is 0 Å². The highest BCUT2D eigenvalue weighted by Gasteiger charge is 2.18. The summed E-state index contributed by atoms with van der Waals surface area (Å²) in [6.07, 6.45) is 1.47. The molecule has 0 aliphatic carbocycles. The van der Waals surface area contributed by atoms with Crippen molar-refractivity contribution < 1.29 is 14.1 Å². The van der Waals surface area contributed by atoms with Crippen molar-refractivity contribution in [2.75, 3.05) is 0 Å². The molecule has 0 N–H and O–H groups in total. The number of hydrogen-bond acceptors (Lipinski definition) is 4. The zero-order valence-electron chi connectivity index (χ0n) is 9.55. The Labute approximate surface area is 112 Å². The number of benzene rings is 1. The Morgan fingerprint density at radius 1 is 1.37 bits per heavy atom. The first-order chi connectivity index (χ1) is 9.09. The second-order valence-electron chi connectivity index (χ2n) is 3.58. The van der Waals surface area contributed by atoms with E-state index in [9.17, 15) is 14.5 Å². The fraction of sp³-hybridized carbons (Fsp3) is 0.0833. The van der Waals surface area contributed by atoms with Gasteiger partial charge in [-0.1, -0.05) is 17.7 Å². The summed E-state index contributed by atoms with van der Waals surface area (Å²) >= 11 is 5.77. The van der Waals surface area contributed by atoms with Crippen LogP contribution in [0.3, 0.4) is 0 Å².